The molecule has 2 rings (SSSR count). The summed E-state index contributed by atoms with van der Waals surface area (Å²) in [6.07, 6.45) is 0. The number of hydrogen-bond donors (Lipinski definition) is 2. The van der Waals surface area contributed by atoms with Gasteiger partial charge in [0.05, 0.1) is 7.11 Å². The first-order valence-corrected chi connectivity index (χ1v) is 11.3. The SMILES string of the molecule is COc1cccc(CN(CCN(C)C)Cc2c(O)cc(C(C)(C)C)cc2C(C)(C)C)c1O. The summed E-state index contributed by atoms with van der Waals surface area (Å²) in [6.45, 7) is 15.9. The van der Waals surface area contributed by atoms with Gasteiger partial charge in [-0.05, 0) is 48.2 Å². The Morgan fingerprint density at radius 2 is 1.53 bits per heavy atom. The zero-order chi connectivity index (χ0) is 24.3. The average Bonchev–Trinajstić information content (AvgIpc) is 2.67. The van der Waals surface area contributed by atoms with Crippen LogP contribution < -0.4 is 4.74 Å². The summed E-state index contributed by atoms with van der Waals surface area (Å²) in [7, 11) is 5.67. The van der Waals surface area contributed by atoms with Crippen molar-refractivity contribution >= 4 is 0 Å². The van der Waals surface area contributed by atoms with Crippen molar-refractivity contribution < 1.29 is 14.9 Å². The number of rotatable bonds is 8. The molecule has 0 aliphatic carbocycles. The Balaban J connectivity index is 2.49. The molecule has 32 heavy (non-hydrogen) atoms. The van der Waals surface area contributed by atoms with Crippen LogP contribution in [0.4, 0.5) is 0 Å². The number of aromatic hydroxyl groups is 2. The van der Waals surface area contributed by atoms with Crippen molar-refractivity contribution in [1.29, 1.82) is 0 Å². The van der Waals surface area contributed by atoms with Crippen molar-refractivity contribution in [1.82, 2.24) is 9.80 Å². The number of phenolic OH excluding ortho intramolecular Hbond substituents is 2. The van der Waals surface area contributed by atoms with Crippen LogP contribution in [0, 0.1) is 0 Å². The molecule has 0 fully saturated rings. The Labute approximate surface area is 194 Å². The monoisotopic (exact) mass is 442 g/mol. The molecule has 0 saturated carbocycles. The van der Waals surface area contributed by atoms with Crippen molar-refractivity contribution in [3.8, 4) is 17.2 Å². The first-order valence-electron chi connectivity index (χ1n) is 11.3. The second-order valence-corrected chi connectivity index (χ2v) is 11.0. The molecule has 0 atom stereocenters. The van der Waals surface area contributed by atoms with Crippen LogP contribution in [-0.4, -0.2) is 54.3 Å². The minimum absolute atomic E-state index is 0.0486. The molecule has 0 bridgehead atoms. The fraction of sp³-hybridized carbons (Fsp3) is 0.556. The van der Waals surface area contributed by atoms with Gasteiger partial charge >= 0.3 is 0 Å². The van der Waals surface area contributed by atoms with Gasteiger partial charge in [0.1, 0.15) is 5.75 Å². The molecule has 0 aliphatic rings. The summed E-state index contributed by atoms with van der Waals surface area (Å²) in [5.74, 6) is 0.989. The van der Waals surface area contributed by atoms with Crippen LogP contribution in [0.15, 0.2) is 30.3 Å². The number of hydrogen-bond acceptors (Lipinski definition) is 5. The van der Waals surface area contributed by atoms with Gasteiger partial charge in [0.25, 0.3) is 0 Å². The second kappa shape index (κ2) is 10.1. The molecule has 0 aromatic heterocycles. The van der Waals surface area contributed by atoms with E-state index in [1.165, 1.54) is 0 Å². The Morgan fingerprint density at radius 1 is 0.875 bits per heavy atom. The molecule has 0 amide bonds. The summed E-state index contributed by atoms with van der Waals surface area (Å²) in [4.78, 5) is 4.42. The van der Waals surface area contributed by atoms with Crippen molar-refractivity contribution in [3.63, 3.8) is 0 Å². The van der Waals surface area contributed by atoms with Crippen molar-refractivity contribution in [2.45, 2.75) is 65.5 Å². The van der Waals surface area contributed by atoms with Gasteiger partial charge in [-0.15, -0.1) is 0 Å². The molecule has 2 aromatic rings. The van der Waals surface area contributed by atoms with E-state index in [2.05, 4.69) is 71.5 Å². The topological polar surface area (TPSA) is 56.2 Å². The molecule has 0 saturated heterocycles. The molecular formula is C27H42N2O3. The van der Waals surface area contributed by atoms with Crippen LogP contribution in [-0.2, 0) is 23.9 Å². The first kappa shape index (κ1) is 26.0. The maximum Gasteiger partial charge on any atom is 0.162 e. The highest BCUT2D eigenvalue weighted by Gasteiger charge is 2.26. The summed E-state index contributed by atoms with van der Waals surface area (Å²) >= 11 is 0. The smallest absolute Gasteiger partial charge is 0.162 e. The maximum absolute atomic E-state index is 11.1. The van der Waals surface area contributed by atoms with Crippen molar-refractivity contribution in [3.05, 3.63) is 52.6 Å². The van der Waals surface area contributed by atoms with Crippen LogP contribution in [0.5, 0.6) is 17.2 Å². The van der Waals surface area contributed by atoms with Crippen molar-refractivity contribution in [2.24, 2.45) is 0 Å². The molecule has 0 aliphatic heterocycles. The number of phenols is 2. The fourth-order valence-corrected chi connectivity index (χ4v) is 3.81. The van der Waals surface area contributed by atoms with Gasteiger partial charge in [-0.3, -0.25) is 4.90 Å². The number of benzene rings is 2. The van der Waals surface area contributed by atoms with E-state index in [4.69, 9.17) is 4.74 Å². The largest absolute Gasteiger partial charge is 0.508 e. The highest BCUT2D eigenvalue weighted by molar-refractivity contribution is 5.48. The van der Waals surface area contributed by atoms with E-state index in [1.807, 2.05) is 18.2 Å². The predicted octanol–water partition coefficient (Wildman–Crippen LogP) is 5.27. The lowest BCUT2D eigenvalue weighted by atomic mass is 9.78. The third kappa shape index (κ3) is 6.63. The van der Waals surface area contributed by atoms with Gasteiger partial charge in [-0.25, -0.2) is 0 Å². The van der Waals surface area contributed by atoms with E-state index in [1.54, 1.807) is 13.2 Å². The number of nitrogens with zero attached hydrogens (tertiary/aromatic N) is 2. The van der Waals surface area contributed by atoms with Gasteiger partial charge in [-0.1, -0.05) is 59.7 Å². The third-order valence-corrected chi connectivity index (χ3v) is 5.84. The van der Waals surface area contributed by atoms with E-state index in [0.29, 0.717) is 24.6 Å². The van der Waals surface area contributed by atoms with Crippen LogP contribution in [0.2, 0.25) is 0 Å². The molecule has 5 nitrogen and oxygen atoms in total. The first-order chi connectivity index (χ1) is 14.7. The molecule has 0 heterocycles. The Bertz CT molecular complexity index is 908. The summed E-state index contributed by atoms with van der Waals surface area (Å²) in [6, 6.07) is 9.75. The zero-order valence-electron chi connectivity index (χ0n) is 21.4. The molecule has 0 spiro atoms. The average molecular weight is 443 g/mol. The summed E-state index contributed by atoms with van der Waals surface area (Å²) in [5, 5.41) is 21.8. The number of ether oxygens (including phenoxy) is 1. The normalized spacial score (nSPS) is 12.6. The highest BCUT2D eigenvalue weighted by atomic mass is 16.5. The van der Waals surface area contributed by atoms with Gasteiger partial charge in [0.2, 0.25) is 0 Å². The zero-order valence-corrected chi connectivity index (χ0v) is 21.4. The van der Waals surface area contributed by atoms with E-state index >= 15 is 0 Å². The quantitative estimate of drug-likeness (QED) is 0.584. The predicted molar refractivity (Wildman–Crippen MR) is 133 cm³/mol. The summed E-state index contributed by atoms with van der Waals surface area (Å²) < 4.78 is 5.29. The fourth-order valence-electron chi connectivity index (χ4n) is 3.81. The molecule has 178 valence electrons. The highest BCUT2D eigenvalue weighted by Crippen LogP contribution is 2.38. The van der Waals surface area contributed by atoms with Crippen molar-refractivity contribution in [2.75, 3.05) is 34.3 Å². The molecule has 0 radical (unpaired) electrons. The maximum atomic E-state index is 11.1. The van der Waals surface area contributed by atoms with Crippen LogP contribution >= 0.6 is 0 Å². The lowest BCUT2D eigenvalue weighted by molar-refractivity contribution is 0.219. The number of para-hydroxylation sites is 1. The van der Waals surface area contributed by atoms with Gasteiger partial charge in [-0.2, -0.15) is 0 Å². The molecular weight excluding hydrogens is 400 g/mol. The lowest BCUT2D eigenvalue weighted by Crippen LogP contribution is -2.32. The second-order valence-electron chi connectivity index (χ2n) is 11.0. The molecule has 2 N–H and O–H groups in total. The summed E-state index contributed by atoms with van der Waals surface area (Å²) in [5.41, 5.74) is 3.89. The van der Waals surface area contributed by atoms with E-state index in [0.717, 1.165) is 35.3 Å². The van der Waals surface area contributed by atoms with Crippen LogP contribution in [0.1, 0.15) is 63.8 Å². The Morgan fingerprint density at radius 3 is 2.06 bits per heavy atom. The third-order valence-electron chi connectivity index (χ3n) is 5.84. The minimum Gasteiger partial charge on any atom is -0.508 e. The Hall–Kier alpha value is -2.24. The van der Waals surface area contributed by atoms with Gasteiger partial charge < -0.3 is 19.8 Å². The lowest BCUT2D eigenvalue weighted by Gasteiger charge is -2.31. The van der Waals surface area contributed by atoms with E-state index in [9.17, 15) is 10.2 Å². The Kier molecular flexibility index (Phi) is 8.24. The van der Waals surface area contributed by atoms with E-state index in [-0.39, 0.29) is 16.6 Å². The van der Waals surface area contributed by atoms with Gasteiger partial charge in [0, 0.05) is 37.3 Å². The van der Waals surface area contributed by atoms with E-state index < -0.39 is 0 Å². The minimum atomic E-state index is -0.112. The molecule has 2 aromatic carbocycles. The van der Waals surface area contributed by atoms with Crippen LogP contribution in [0.25, 0.3) is 0 Å². The molecule has 5 heteroatoms. The number of methoxy groups -OCH3 is 1. The van der Waals surface area contributed by atoms with Crippen LogP contribution in [0.3, 0.4) is 0 Å². The standard InChI is InChI=1S/C27H42N2O3/c1-26(2,3)20-15-22(27(4,5)6)21(23(30)16-20)18-29(14-13-28(7)8)17-19-11-10-12-24(32-9)25(19)31/h10-12,15-16,30-31H,13-14,17-18H2,1-9H3. The van der Waals surface area contributed by atoms with Gasteiger partial charge in [0.15, 0.2) is 11.5 Å². The number of likely N-dealkylation sites (N-methyl/N-ethyl adjacent to an activating group) is 1. The molecule has 0 unspecified atom stereocenters.